The molecule has 9 heteroatoms. The Morgan fingerprint density at radius 3 is 2.79 bits per heavy atom. The Hall–Kier alpha value is -3.07. The minimum absolute atomic E-state index is 0.0274. The minimum Gasteiger partial charge on any atom is -0.497 e. The Bertz CT molecular complexity index is 1040. The van der Waals surface area contributed by atoms with E-state index in [0.29, 0.717) is 22.3 Å². The van der Waals surface area contributed by atoms with Gasteiger partial charge in [0.25, 0.3) is 0 Å². The summed E-state index contributed by atoms with van der Waals surface area (Å²) in [5, 5.41) is 12.4. The SMILES string of the molecule is COc1ccc(OC)c(-n2nnnc2SCC(=O)N2c3ccccc3CC2C)c1. The number of methoxy groups -OCH3 is 2. The second-order valence-electron chi connectivity index (χ2n) is 6.65. The molecule has 0 radical (unpaired) electrons. The lowest BCUT2D eigenvalue weighted by Gasteiger charge is -2.22. The van der Waals surface area contributed by atoms with Crippen molar-refractivity contribution in [3.05, 3.63) is 48.0 Å². The number of anilines is 1. The lowest BCUT2D eigenvalue weighted by atomic mass is 10.1. The number of carbonyl (C=O) groups excluding carboxylic acids is 1. The van der Waals surface area contributed by atoms with Gasteiger partial charge in [0, 0.05) is 17.8 Å². The molecule has 0 fully saturated rings. The quantitative estimate of drug-likeness (QED) is 0.577. The maximum absolute atomic E-state index is 13.0. The molecule has 3 aromatic rings. The summed E-state index contributed by atoms with van der Waals surface area (Å²) in [4.78, 5) is 14.8. The molecule has 1 atom stereocenters. The lowest BCUT2D eigenvalue weighted by Crippen LogP contribution is -2.37. The predicted octanol–water partition coefficient (Wildman–Crippen LogP) is 2.75. The number of para-hydroxylation sites is 1. The van der Waals surface area contributed by atoms with Crippen LogP contribution in [0.4, 0.5) is 5.69 Å². The summed E-state index contributed by atoms with van der Waals surface area (Å²) in [5.41, 5.74) is 2.83. The molecule has 150 valence electrons. The van der Waals surface area contributed by atoms with Crippen LogP contribution >= 0.6 is 11.8 Å². The molecule has 0 saturated heterocycles. The first kappa shape index (κ1) is 19.3. The zero-order valence-corrected chi connectivity index (χ0v) is 17.2. The summed E-state index contributed by atoms with van der Waals surface area (Å²) in [7, 11) is 3.17. The minimum atomic E-state index is 0.0274. The summed E-state index contributed by atoms with van der Waals surface area (Å²) in [6, 6.07) is 13.5. The first-order valence-electron chi connectivity index (χ1n) is 9.16. The van der Waals surface area contributed by atoms with E-state index in [-0.39, 0.29) is 17.7 Å². The van der Waals surface area contributed by atoms with Crippen LogP contribution in [0.25, 0.3) is 5.69 Å². The van der Waals surface area contributed by atoms with Gasteiger partial charge in [-0.2, -0.15) is 4.68 Å². The summed E-state index contributed by atoms with van der Waals surface area (Å²) >= 11 is 1.29. The molecule has 0 N–H and O–H groups in total. The molecule has 4 rings (SSSR count). The highest BCUT2D eigenvalue weighted by Gasteiger charge is 2.30. The van der Waals surface area contributed by atoms with Crippen molar-refractivity contribution in [2.45, 2.75) is 24.5 Å². The van der Waals surface area contributed by atoms with E-state index in [1.165, 1.54) is 17.3 Å². The van der Waals surface area contributed by atoms with Crippen molar-refractivity contribution in [2.24, 2.45) is 0 Å². The zero-order valence-electron chi connectivity index (χ0n) is 16.4. The van der Waals surface area contributed by atoms with Gasteiger partial charge in [-0.3, -0.25) is 4.79 Å². The first-order valence-corrected chi connectivity index (χ1v) is 10.1. The number of aromatic nitrogens is 4. The van der Waals surface area contributed by atoms with Crippen LogP contribution < -0.4 is 14.4 Å². The summed E-state index contributed by atoms with van der Waals surface area (Å²) in [5.74, 6) is 1.52. The largest absolute Gasteiger partial charge is 0.497 e. The van der Waals surface area contributed by atoms with Gasteiger partial charge in [0.1, 0.15) is 17.2 Å². The molecule has 1 aliphatic heterocycles. The molecule has 1 amide bonds. The fraction of sp³-hybridized carbons (Fsp3) is 0.300. The Morgan fingerprint density at radius 2 is 2.00 bits per heavy atom. The van der Waals surface area contributed by atoms with Gasteiger partial charge in [0.15, 0.2) is 0 Å². The van der Waals surface area contributed by atoms with E-state index >= 15 is 0 Å². The lowest BCUT2D eigenvalue weighted by molar-refractivity contribution is -0.116. The predicted molar refractivity (Wildman–Crippen MR) is 110 cm³/mol. The number of ether oxygens (including phenoxy) is 2. The highest BCUT2D eigenvalue weighted by Crippen LogP contribution is 2.33. The van der Waals surface area contributed by atoms with Crippen molar-refractivity contribution in [2.75, 3.05) is 24.9 Å². The average Bonchev–Trinajstić information content (AvgIpc) is 3.34. The van der Waals surface area contributed by atoms with Gasteiger partial charge >= 0.3 is 0 Å². The Morgan fingerprint density at radius 1 is 1.17 bits per heavy atom. The number of nitrogens with zero attached hydrogens (tertiary/aromatic N) is 5. The van der Waals surface area contributed by atoms with Crippen molar-refractivity contribution in [1.82, 2.24) is 20.2 Å². The Labute approximate surface area is 172 Å². The van der Waals surface area contributed by atoms with Crippen LogP contribution in [0.15, 0.2) is 47.6 Å². The van der Waals surface area contributed by atoms with E-state index in [2.05, 4.69) is 28.5 Å². The topological polar surface area (TPSA) is 82.4 Å². The van der Waals surface area contributed by atoms with Gasteiger partial charge in [-0.25, -0.2) is 0 Å². The molecule has 0 bridgehead atoms. The molecule has 1 aromatic heterocycles. The molecule has 8 nitrogen and oxygen atoms in total. The molecular formula is C20H21N5O3S. The van der Waals surface area contributed by atoms with Crippen LogP contribution in [0.2, 0.25) is 0 Å². The van der Waals surface area contributed by atoms with E-state index in [0.717, 1.165) is 12.1 Å². The number of tetrazole rings is 1. The molecular weight excluding hydrogens is 390 g/mol. The fourth-order valence-corrected chi connectivity index (χ4v) is 4.27. The van der Waals surface area contributed by atoms with Crippen LogP contribution in [0.3, 0.4) is 0 Å². The maximum Gasteiger partial charge on any atom is 0.237 e. The number of carbonyl (C=O) groups is 1. The molecule has 1 unspecified atom stereocenters. The van der Waals surface area contributed by atoms with Crippen molar-refractivity contribution < 1.29 is 14.3 Å². The van der Waals surface area contributed by atoms with Gasteiger partial charge in [-0.15, -0.1) is 5.10 Å². The molecule has 0 spiro atoms. The van der Waals surface area contributed by atoms with E-state index in [4.69, 9.17) is 9.47 Å². The zero-order chi connectivity index (χ0) is 20.4. The van der Waals surface area contributed by atoms with E-state index in [1.807, 2.05) is 23.1 Å². The number of thioether (sulfide) groups is 1. The standard InChI is InChI=1S/C20H21N5O3S/c1-13-10-14-6-4-5-7-16(14)24(13)19(26)12-29-20-21-22-23-25(20)17-11-15(27-2)8-9-18(17)28-3/h4-9,11,13H,10,12H2,1-3H3. The highest BCUT2D eigenvalue weighted by molar-refractivity contribution is 7.99. The molecule has 2 aromatic carbocycles. The molecule has 0 aliphatic carbocycles. The van der Waals surface area contributed by atoms with Crippen LogP contribution in [-0.2, 0) is 11.2 Å². The number of amides is 1. The first-order chi connectivity index (χ1) is 14.1. The van der Waals surface area contributed by atoms with E-state index in [1.54, 1.807) is 37.1 Å². The third kappa shape index (κ3) is 3.65. The number of hydrogen-bond acceptors (Lipinski definition) is 7. The van der Waals surface area contributed by atoms with Gasteiger partial charge in [0.2, 0.25) is 11.1 Å². The highest BCUT2D eigenvalue weighted by atomic mass is 32.2. The monoisotopic (exact) mass is 411 g/mol. The number of rotatable bonds is 6. The third-order valence-electron chi connectivity index (χ3n) is 4.86. The Balaban J connectivity index is 1.55. The van der Waals surface area contributed by atoms with Crippen LogP contribution in [0.5, 0.6) is 11.5 Å². The molecule has 0 saturated carbocycles. The van der Waals surface area contributed by atoms with Gasteiger partial charge in [-0.05, 0) is 47.5 Å². The normalized spacial score (nSPS) is 15.3. The van der Waals surface area contributed by atoms with Gasteiger partial charge < -0.3 is 14.4 Å². The van der Waals surface area contributed by atoms with Crippen molar-refractivity contribution in [3.63, 3.8) is 0 Å². The summed E-state index contributed by atoms with van der Waals surface area (Å²) in [6.45, 7) is 2.06. The van der Waals surface area contributed by atoms with Crippen LogP contribution in [0.1, 0.15) is 12.5 Å². The van der Waals surface area contributed by atoms with E-state index in [9.17, 15) is 4.79 Å². The van der Waals surface area contributed by atoms with Crippen molar-refractivity contribution in [1.29, 1.82) is 0 Å². The van der Waals surface area contributed by atoms with Gasteiger partial charge in [0.05, 0.1) is 20.0 Å². The number of benzene rings is 2. The maximum atomic E-state index is 13.0. The second-order valence-corrected chi connectivity index (χ2v) is 7.59. The van der Waals surface area contributed by atoms with Crippen LogP contribution in [0, 0.1) is 0 Å². The van der Waals surface area contributed by atoms with Crippen molar-refractivity contribution in [3.8, 4) is 17.2 Å². The molecule has 1 aliphatic rings. The molecule has 2 heterocycles. The van der Waals surface area contributed by atoms with Crippen LogP contribution in [-0.4, -0.2) is 52.1 Å². The summed E-state index contributed by atoms with van der Waals surface area (Å²) < 4.78 is 12.3. The Kier molecular flexibility index (Phi) is 5.39. The molecule has 29 heavy (non-hydrogen) atoms. The van der Waals surface area contributed by atoms with E-state index < -0.39 is 0 Å². The van der Waals surface area contributed by atoms with Gasteiger partial charge in [-0.1, -0.05) is 30.0 Å². The third-order valence-corrected chi connectivity index (χ3v) is 5.76. The number of hydrogen-bond donors (Lipinski definition) is 0. The smallest absolute Gasteiger partial charge is 0.237 e. The van der Waals surface area contributed by atoms with Crippen molar-refractivity contribution >= 4 is 23.4 Å². The average molecular weight is 411 g/mol. The fourth-order valence-electron chi connectivity index (χ4n) is 3.52. The second kappa shape index (κ2) is 8.12. The summed E-state index contributed by atoms with van der Waals surface area (Å²) in [6.07, 6.45) is 0.866. The number of fused-ring (bicyclic) bond motifs is 1.